The lowest BCUT2D eigenvalue weighted by molar-refractivity contribution is -0.144. The van der Waals surface area contributed by atoms with Crippen molar-refractivity contribution in [2.45, 2.75) is 31.2 Å². The summed E-state index contributed by atoms with van der Waals surface area (Å²) in [5.74, 6) is -4.07. The van der Waals surface area contributed by atoms with Crippen LogP contribution in [0.15, 0.2) is 29.2 Å². The van der Waals surface area contributed by atoms with E-state index in [1.54, 1.807) is 13.8 Å². The van der Waals surface area contributed by atoms with E-state index in [1.165, 1.54) is 0 Å². The summed E-state index contributed by atoms with van der Waals surface area (Å²) in [6.07, 6.45) is -0.332. The van der Waals surface area contributed by atoms with Crippen LogP contribution in [0.5, 0.6) is 0 Å². The number of carbonyl (C=O) groups excluding carboxylic acids is 3. The van der Waals surface area contributed by atoms with Gasteiger partial charge in [0.25, 0.3) is 5.91 Å². The summed E-state index contributed by atoms with van der Waals surface area (Å²) in [6, 6.07) is 3.08. The molecule has 0 spiro atoms. The van der Waals surface area contributed by atoms with Crippen molar-refractivity contribution in [3.63, 3.8) is 0 Å². The SMILES string of the molecule is CC(C)C(NS(=O)(=O)c1ccc(F)cc1)C(=O)CC1COCCNC(=O)C1=O. The van der Waals surface area contributed by atoms with Gasteiger partial charge in [0.05, 0.1) is 30.1 Å². The van der Waals surface area contributed by atoms with Gasteiger partial charge in [0, 0.05) is 13.0 Å². The zero-order valence-electron chi connectivity index (χ0n) is 15.6. The van der Waals surface area contributed by atoms with E-state index in [2.05, 4.69) is 10.0 Å². The van der Waals surface area contributed by atoms with Gasteiger partial charge in [-0.1, -0.05) is 13.8 Å². The van der Waals surface area contributed by atoms with Crippen LogP contribution >= 0.6 is 0 Å². The number of sulfonamides is 1. The molecule has 2 N–H and O–H groups in total. The van der Waals surface area contributed by atoms with Crippen molar-refractivity contribution in [3.8, 4) is 0 Å². The Bertz CT molecular complexity index is 838. The summed E-state index contributed by atoms with van der Waals surface area (Å²) in [6.45, 7) is 3.64. The Kier molecular flexibility index (Phi) is 7.39. The monoisotopic (exact) mass is 414 g/mol. The van der Waals surface area contributed by atoms with Crippen molar-refractivity contribution in [1.82, 2.24) is 10.0 Å². The molecule has 0 aliphatic carbocycles. The number of hydrogen-bond donors (Lipinski definition) is 2. The van der Waals surface area contributed by atoms with E-state index in [1.807, 2.05) is 0 Å². The highest BCUT2D eigenvalue weighted by Gasteiger charge is 2.34. The van der Waals surface area contributed by atoms with Crippen LogP contribution in [0.4, 0.5) is 4.39 Å². The Morgan fingerprint density at radius 2 is 1.93 bits per heavy atom. The average molecular weight is 414 g/mol. The van der Waals surface area contributed by atoms with Crippen molar-refractivity contribution < 1.29 is 31.9 Å². The zero-order valence-corrected chi connectivity index (χ0v) is 16.4. The van der Waals surface area contributed by atoms with Gasteiger partial charge in [0.1, 0.15) is 5.82 Å². The summed E-state index contributed by atoms with van der Waals surface area (Å²) in [5, 5.41) is 2.39. The van der Waals surface area contributed by atoms with E-state index < -0.39 is 51.2 Å². The predicted octanol–water partition coefficient (Wildman–Crippen LogP) is 0.420. The standard InChI is InChI=1S/C18H23FN2O6S/c1-11(2)16(21-28(25,26)14-5-3-13(19)4-6-14)15(22)9-12-10-27-8-7-20-18(24)17(12)23/h3-6,11-12,16,21H,7-10H2,1-2H3,(H,20,24). The lowest BCUT2D eigenvalue weighted by Gasteiger charge is -2.24. The van der Waals surface area contributed by atoms with Gasteiger partial charge in [-0.15, -0.1) is 0 Å². The first kappa shape index (κ1) is 22.1. The summed E-state index contributed by atoms with van der Waals surface area (Å²) >= 11 is 0. The van der Waals surface area contributed by atoms with Gasteiger partial charge in [0.2, 0.25) is 15.8 Å². The molecule has 1 aromatic carbocycles. The molecule has 0 saturated carbocycles. The van der Waals surface area contributed by atoms with Crippen LogP contribution in [0.1, 0.15) is 20.3 Å². The molecule has 1 fully saturated rings. The number of ether oxygens (including phenoxy) is 1. The molecule has 1 heterocycles. The van der Waals surface area contributed by atoms with Crippen LogP contribution in [-0.4, -0.2) is 51.7 Å². The molecule has 10 heteroatoms. The molecule has 8 nitrogen and oxygen atoms in total. The second-order valence-corrected chi connectivity index (χ2v) is 8.57. The van der Waals surface area contributed by atoms with E-state index >= 15 is 0 Å². The third kappa shape index (κ3) is 5.66. The number of ketones is 2. The summed E-state index contributed by atoms with van der Waals surface area (Å²) in [4.78, 5) is 36.4. The average Bonchev–Trinajstić information content (AvgIpc) is 2.63. The van der Waals surface area contributed by atoms with Gasteiger partial charge in [-0.05, 0) is 30.2 Å². The van der Waals surface area contributed by atoms with Crippen molar-refractivity contribution in [1.29, 1.82) is 0 Å². The maximum atomic E-state index is 13.0. The third-order valence-corrected chi connectivity index (χ3v) is 5.77. The molecule has 0 bridgehead atoms. The lowest BCUT2D eigenvalue weighted by atomic mass is 9.91. The minimum atomic E-state index is -4.08. The first-order chi connectivity index (χ1) is 13.1. The van der Waals surface area contributed by atoms with Crippen LogP contribution in [-0.2, 0) is 29.1 Å². The Labute approximate surface area is 162 Å². The summed E-state index contributed by atoms with van der Waals surface area (Å²) in [7, 11) is -4.08. The normalized spacial score (nSPS) is 19.6. The number of amides is 1. The highest BCUT2D eigenvalue weighted by molar-refractivity contribution is 7.89. The molecule has 2 unspecified atom stereocenters. The van der Waals surface area contributed by atoms with E-state index in [9.17, 15) is 27.2 Å². The Balaban J connectivity index is 2.16. The fraction of sp³-hybridized carbons (Fsp3) is 0.500. The third-order valence-electron chi connectivity index (χ3n) is 4.31. The molecule has 0 aromatic heterocycles. The van der Waals surface area contributed by atoms with E-state index in [4.69, 9.17) is 4.74 Å². The second kappa shape index (κ2) is 9.35. The van der Waals surface area contributed by atoms with Gasteiger partial charge in [0.15, 0.2) is 5.78 Å². The molecule has 2 rings (SSSR count). The maximum Gasteiger partial charge on any atom is 0.287 e. The maximum absolute atomic E-state index is 13.0. The van der Waals surface area contributed by atoms with Crippen LogP contribution in [0, 0.1) is 17.7 Å². The number of rotatable bonds is 7. The van der Waals surface area contributed by atoms with Gasteiger partial charge >= 0.3 is 0 Å². The molecule has 1 aliphatic rings. The van der Waals surface area contributed by atoms with Crippen LogP contribution in [0.25, 0.3) is 0 Å². The first-order valence-corrected chi connectivity index (χ1v) is 10.3. The first-order valence-electron chi connectivity index (χ1n) is 8.82. The molecule has 1 amide bonds. The molecule has 28 heavy (non-hydrogen) atoms. The van der Waals surface area contributed by atoms with Crippen LogP contribution in [0.2, 0.25) is 0 Å². The molecular weight excluding hydrogens is 391 g/mol. The smallest absolute Gasteiger partial charge is 0.287 e. The Hall–Kier alpha value is -2.17. The van der Waals surface area contributed by atoms with Crippen molar-refractivity contribution >= 4 is 27.5 Å². The fourth-order valence-corrected chi connectivity index (χ4v) is 4.12. The van der Waals surface area contributed by atoms with Crippen molar-refractivity contribution in [2.75, 3.05) is 19.8 Å². The highest BCUT2D eigenvalue weighted by Crippen LogP contribution is 2.17. The fourth-order valence-electron chi connectivity index (χ4n) is 2.75. The second-order valence-electron chi connectivity index (χ2n) is 6.86. The number of halogens is 1. The number of carbonyl (C=O) groups is 3. The van der Waals surface area contributed by atoms with E-state index in [-0.39, 0.29) is 31.1 Å². The van der Waals surface area contributed by atoms with Crippen LogP contribution in [0.3, 0.4) is 0 Å². The van der Waals surface area contributed by atoms with Gasteiger partial charge < -0.3 is 10.1 Å². The van der Waals surface area contributed by atoms with Gasteiger partial charge in [-0.3, -0.25) is 14.4 Å². The number of hydrogen-bond acceptors (Lipinski definition) is 6. The molecule has 1 saturated heterocycles. The number of benzene rings is 1. The minimum Gasteiger partial charge on any atom is -0.379 e. The Morgan fingerprint density at radius 3 is 2.54 bits per heavy atom. The minimum absolute atomic E-state index is 0.0898. The number of nitrogens with one attached hydrogen (secondary N) is 2. The summed E-state index contributed by atoms with van der Waals surface area (Å²) in [5.41, 5.74) is 0. The van der Waals surface area contributed by atoms with Gasteiger partial charge in [-0.25, -0.2) is 17.5 Å². The van der Waals surface area contributed by atoms with E-state index in [0.29, 0.717) is 0 Å². The van der Waals surface area contributed by atoms with Crippen LogP contribution < -0.4 is 10.0 Å². The zero-order chi connectivity index (χ0) is 20.9. The lowest BCUT2D eigenvalue weighted by Crippen LogP contribution is -2.47. The molecule has 2 atom stereocenters. The highest BCUT2D eigenvalue weighted by atomic mass is 32.2. The van der Waals surface area contributed by atoms with Crippen molar-refractivity contribution in [2.24, 2.45) is 11.8 Å². The largest absolute Gasteiger partial charge is 0.379 e. The summed E-state index contributed by atoms with van der Waals surface area (Å²) < 4.78 is 45.7. The predicted molar refractivity (Wildman–Crippen MR) is 97.3 cm³/mol. The number of Topliss-reactive ketones (excluding diaryl/α,β-unsaturated/α-hetero) is 2. The molecular formula is C18H23FN2O6S. The van der Waals surface area contributed by atoms with Crippen molar-refractivity contribution in [3.05, 3.63) is 30.1 Å². The molecule has 0 radical (unpaired) electrons. The van der Waals surface area contributed by atoms with Gasteiger partial charge in [-0.2, -0.15) is 0 Å². The Morgan fingerprint density at radius 1 is 1.29 bits per heavy atom. The quantitative estimate of drug-likeness (QED) is 0.624. The topological polar surface area (TPSA) is 119 Å². The molecule has 1 aromatic rings. The molecule has 154 valence electrons. The van der Waals surface area contributed by atoms with E-state index in [0.717, 1.165) is 24.3 Å². The molecule has 1 aliphatic heterocycles.